The SMILES string of the molecule is Cc1c(CC(=O)N2CCOCC2)c(=O)oc2cc3occ(C(C)(C)C)c3cc12. The van der Waals surface area contributed by atoms with E-state index in [0.717, 1.165) is 21.9 Å². The lowest BCUT2D eigenvalue weighted by Crippen LogP contribution is -2.42. The molecule has 1 aliphatic rings. The van der Waals surface area contributed by atoms with Gasteiger partial charge in [-0.15, -0.1) is 0 Å². The second-order valence-corrected chi connectivity index (χ2v) is 8.41. The molecule has 3 heterocycles. The predicted molar refractivity (Wildman–Crippen MR) is 107 cm³/mol. The van der Waals surface area contributed by atoms with Crippen molar-refractivity contribution in [2.45, 2.75) is 39.5 Å². The molecule has 1 aliphatic heterocycles. The van der Waals surface area contributed by atoms with Crippen molar-refractivity contribution in [3.8, 4) is 0 Å². The molecule has 6 nitrogen and oxygen atoms in total. The largest absolute Gasteiger partial charge is 0.464 e. The number of nitrogens with zero attached hydrogens (tertiary/aromatic N) is 1. The Balaban J connectivity index is 1.80. The van der Waals surface area contributed by atoms with Crippen LogP contribution < -0.4 is 5.63 Å². The first-order valence-corrected chi connectivity index (χ1v) is 9.59. The van der Waals surface area contributed by atoms with Crippen LogP contribution in [0.4, 0.5) is 0 Å². The van der Waals surface area contributed by atoms with Crippen LogP contribution in [0.15, 0.2) is 32.0 Å². The van der Waals surface area contributed by atoms with Gasteiger partial charge in [0.25, 0.3) is 0 Å². The highest BCUT2D eigenvalue weighted by molar-refractivity contribution is 5.97. The number of benzene rings is 1. The number of carbonyl (C=O) groups is 1. The number of fused-ring (bicyclic) bond motifs is 2. The zero-order valence-corrected chi connectivity index (χ0v) is 16.8. The molecule has 1 amide bonds. The molecular weight excluding hydrogens is 358 g/mol. The monoisotopic (exact) mass is 383 g/mol. The van der Waals surface area contributed by atoms with E-state index in [2.05, 4.69) is 20.8 Å². The fourth-order valence-electron chi connectivity index (χ4n) is 3.77. The highest BCUT2D eigenvalue weighted by Gasteiger charge is 2.23. The Bertz CT molecular complexity index is 1110. The van der Waals surface area contributed by atoms with E-state index in [9.17, 15) is 9.59 Å². The highest BCUT2D eigenvalue weighted by atomic mass is 16.5. The summed E-state index contributed by atoms with van der Waals surface area (Å²) in [5.74, 6) is -0.0715. The van der Waals surface area contributed by atoms with Crippen LogP contribution in [0.1, 0.15) is 37.5 Å². The van der Waals surface area contributed by atoms with Crippen LogP contribution in [-0.4, -0.2) is 37.1 Å². The van der Waals surface area contributed by atoms with Crippen LogP contribution in [0.25, 0.3) is 21.9 Å². The molecule has 148 valence electrons. The zero-order valence-electron chi connectivity index (χ0n) is 16.8. The van der Waals surface area contributed by atoms with E-state index in [-0.39, 0.29) is 17.7 Å². The topological polar surface area (TPSA) is 72.9 Å². The van der Waals surface area contributed by atoms with E-state index in [1.54, 1.807) is 17.2 Å². The number of carbonyl (C=O) groups excluding carboxylic acids is 1. The summed E-state index contributed by atoms with van der Waals surface area (Å²) in [6, 6.07) is 3.78. The zero-order chi connectivity index (χ0) is 20.1. The van der Waals surface area contributed by atoms with Crippen molar-refractivity contribution < 1.29 is 18.4 Å². The minimum absolute atomic E-state index is 0.0413. The van der Waals surface area contributed by atoms with Crippen LogP contribution >= 0.6 is 0 Å². The van der Waals surface area contributed by atoms with Gasteiger partial charge in [0.05, 0.1) is 31.5 Å². The highest BCUT2D eigenvalue weighted by Crippen LogP contribution is 2.35. The number of morpholine rings is 1. The summed E-state index contributed by atoms with van der Waals surface area (Å²) in [6.07, 6.45) is 1.81. The summed E-state index contributed by atoms with van der Waals surface area (Å²) in [4.78, 5) is 27.0. The molecule has 4 rings (SSSR count). The van der Waals surface area contributed by atoms with Crippen molar-refractivity contribution >= 4 is 27.8 Å². The summed E-state index contributed by atoms with van der Waals surface area (Å²) in [6.45, 7) is 10.5. The molecule has 0 saturated carbocycles. The number of hydrogen-bond donors (Lipinski definition) is 0. The van der Waals surface area contributed by atoms with E-state index in [0.29, 0.717) is 43.0 Å². The molecule has 0 N–H and O–H groups in total. The Hall–Kier alpha value is -2.60. The number of rotatable bonds is 2. The average molecular weight is 383 g/mol. The van der Waals surface area contributed by atoms with Gasteiger partial charge in [0.2, 0.25) is 5.91 Å². The normalized spacial score (nSPS) is 15.5. The lowest BCUT2D eigenvalue weighted by molar-refractivity contribution is -0.134. The van der Waals surface area contributed by atoms with E-state index >= 15 is 0 Å². The van der Waals surface area contributed by atoms with Gasteiger partial charge < -0.3 is 18.5 Å². The summed E-state index contributed by atoms with van der Waals surface area (Å²) in [7, 11) is 0. The molecule has 2 aromatic heterocycles. The third kappa shape index (κ3) is 3.22. The standard InChI is InChI=1S/C22H25NO5/c1-13-14-9-16-17(22(2,3)4)12-27-18(16)11-19(14)28-21(25)15(13)10-20(24)23-5-7-26-8-6-23/h9,11-12H,5-8,10H2,1-4H3. The first-order valence-electron chi connectivity index (χ1n) is 9.59. The number of aryl methyl sites for hydroxylation is 1. The maximum absolute atomic E-state index is 12.6. The predicted octanol–water partition coefficient (Wildman–Crippen LogP) is 3.55. The van der Waals surface area contributed by atoms with Crippen LogP contribution in [0.5, 0.6) is 0 Å². The maximum atomic E-state index is 12.6. The van der Waals surface area contributed by atoms with Gasteiger partial charge in [0.15, 0.2) is 0 Å². The van der Waals surface area contributed by atoms with E-state index in [1.165, 1.54) is 0 Å². The molecule has 0 atom stereocenters. The maximum Gasteiger partial charge on any atom is 0.340 e. The number of hydrogen-bond acceptors (Lipinski definition) is 5. The van der Waals surface area contributed by atoms with Crippen LogP contribution in [0.2, 0.25) is 0 Å². The second-order valence-electron chi connectivity index (χ2n) is 8.41. The van der Waals surface area contributed by atoms with Gasteiger partial charge in [-0.05, 0) is 24.0 Å². The van der Waals surface area contributed by atoms with Crippen LogP contribution in [-0.2, 0) is 21.4 Å². The molecule has 0 unspecified atom stereocenters. The van der Waals surface area contributed by atoms with Gasteiger partial charge in [-0.3, -0.25) is 4.79 Å². The van der Waals surface area contributed by atoms with Crippen LogP contribution in [0.3, 0.4) is 0 Å². The van der Waals surface area contributed by atoms with E-state index in [1.807, 2.05) is 13.0 Å². The van der Waals surface area contributed by atoms with Gasteiger partial charge in [-0.2, -0.15) is 0 Å². The molecule has 1 aromatic carbocycles. The molecular formula is C22H25NO5. The molecule has 0 spiro atoms. The van der Waals surface area contributed by atoms with Gasteiger partial charge in [-0.1, -0.05) is 20.8 Å². The smallest absolute Gasteiger partial charge is 0.340 e. The number of ether oxygens (including phenoxy) is 1. The summed E-state index contributed by atoms with van der Waals surface area (Å²) in [5, 5.41) is 1.84. The Morgan fingerprint density at radius 1 is 1.11 bits per heavy atom. The third-order valence-electron chi connectivity index (χ3n) is 5.48. The number of furan rings is 1. The summed E-state index contributed by atoms with van der Waals surface area (Å²) >= 11 is 0. The minimum Gasteiger partial charge on any atom is -0.464 e. The van der Waals surface area contributed by atoms with Crippen molar-refractivity contribution in [1.82, 2.24) is 4.90 Å². The summed E-state index contributed by atoms with van der Waals surface area (Å²) in [5.41, 5.74) is 2.94. The molecule has 28 heavy (non-hydrogen) atoms. The fraction of sp³-hybridized carbons (Fsp3) is 0.455. The molecule has 1 saturated heterocycles. The van der Waals surface area contributed by atoms with Crippen molar-refractivity contribution in [3.05, 3.63) is 45.5 Å². The Morgan fingerprint density at radius 3 is 2.50 bits per heavy atom. The molecule has 6 heteroatoms. The first-order chi connectivity index (χ1) is 13.3. The molecule has 0 radical (unpaired) electrons. The van der Waals surface area contributed by atoms with Gasteiger partial charge in [-0.25, -0.2) is 4.79 Å². The molecule has 3 aromatic rings. The van der Waals surface area contributed by atoms with E-state index in [4.69, 9.17) is 13.6 Å². The number of amides is 1. The fourth-order valence-corrected chi connectivity index (χ4v) is 3.77. The second kappa shape index (κ2) is 6.78. The minimum atomic E-state index is -0.464. The molecule has 0 bridgehead atoms. The van der Waals surface area contributed by atoms with Gasteiger partial charge >= 0.3 is 5.63 Å². The molecule has 0 aliphatic carbocycles. The third-order valence-corrected chi connectivity index (χ3v) is 5.48. The lowest BCUT2D eigenvalue weighted by atomic mass is 9.86. The molecule has 1 fully saturated rings. The van der Waals surface area contributed by atoms with Crippen LogP contribution in [0, 0.1) is 6.92 Å². The quantitative estimate of drug-likeness (QED) is 0.633. The van der Waals surface area contributed by atoms with E-state index < -0.39 is 5.63 Å². The van der Waals surface area contributed by atoms with Crippen molar-refractivity contribution in [2.75, 3.05) is 26.3 Å². The lowest BCUT2D eigenvalue weighted by Gasteiger charge is -2.27. The van der Waals surface area contributed by atoms with Crippen molar-refractivity contribution in [1.29, 1.82) is 0 Å². The Labute approximate surface area is 163 Å². The first kappa shape index (κ1) is 18.7. The van der Waals surface area contributed by atoms with Gasteiger partial charge in [0.1, 0.15) is 11.2 Å². The van der Waals surface area contributed by atoms with Crippen molar-refractivity contribution in [3.63, 3.8) is 0 Å². The Morgan fingerprint density at radius 2 is 1.82 bits per heavy atom. The van der Waals surface area contributed by atoms with Crippen molar-refractivity contribution in [2.24, 2.45) is 0 Å². The summed E-state index contributed by atoms with van der Waals surface area (Å²) < 4.78 is 16.6. The Kier molecular flexibility index (Phi) is 4.54. The average Bonchev–Trinajstić information content (AvgIpc) is 3.07. The van der Waals surface area contributed by atoms with Gasteiger partial charge in [0, 0.05) is 35.5 Å².